The van der Waals surface area contributed by atoms with E-state index in [1.54, 1.807) is 23.2 Å². The molecule has 6 nitrogen and oxygen atoms in total. The van der Waals surface area contributed by atoms with Crippen LogP contribution in [0.3, 0.4) is 0 Å². The van der Waals surface area contributed by atoms with Crippen LogP contribution in [-0.4, -0.2) is 24.7 Å². The first-order valence-corrected chi connectivity index (χ1v) is 16.1. The van der Waals surface area contributed by atoms with Crippen molar-refractivity contribution in [3.05, 3.63) is 201 Å². The van der Waals surface area contributed by atoms with Crippen LogP contribution in [0, 0.1) is 42.8 Å². The Hall–Kier alpha value is -5.81. The third kappa shape index (κ3) is 10.6. The Balaban J connectivity index is 0.000000542. The number of benzene rings is 5. The van der Waals surface area contributed by atoms with E-state index in [1.165, 1.54) is 5.56 Å². The molecule has 0 fully saturated rings. The number of hydrogen-bond donors (Lipinski definition) is 0. The standard InChI is InChI=1S/C39H24N3O2.C6H4N.2Pt/c1-3-10-30(11-4-1)28-41-22-23-42(29-41)34-14-9-19-38(27-34)44-37-18-8-13-33(25-37)39-26-32(20-21-40-39)31-12-7-17-36(24-31)43-35-15-5-2-6-16-35;1-2-7-5-3-4-6-7;;/h1-15,17-19,21-23,26H,28H2;3-6H;;/q-3;-1;+2;+4. The molecule has 0 spiro atoms. The summed E-state index contributed by atoms with van der Waals surface area (Å²) in [6, 6.07) is 62.5. The number of ether oxygens (including phenoxy) is 2. The molecule has 3 heterocycles. The third-order valence-corrected chi connectivity index (χ3v) is 7.50. The van der Waals surface area contributed by atoms with Crippen molar-refractivity contribution in [1.82, 2.24) is 9.55 Å². The second-order valence-electron chi connectivity index (χ2n) is 11.1. The van der Waals surface area contributed by atoms with Gasteiger partial charge in [0.2, 0.25) is 6.20 Å². The van der Waals surface area contributed by atoms with E-state index in [0.29, 0.717) is 23.0 Å². The molecule has 7 aromatic rings. The fourth-order valence-corrected chi connectivity index (χ4v) is 5.09. The SMILES string of the molecule is C1=[N+](Cc2ccccc2)C=C[N+]=1c1[c-]c(Oc2[c-]c(-c3cc(-c4[c-]c(Oc5[c-]cccc5)ccc4)[c-]cn3)ccc2)ccc1.[C-]#Cn1cccc1.[Pt+2].[Pt+4]. The number of rotatable bonds is 9. The van der Waals surface area contributed by atoms with Crippen LogP contribution < -0.4 is 9.47 Å². The predicted octanol–water partition coefficient (Wildman–Crippen LogP) is 9.40. The summed E-state index contributed by atoms with van der Waals surface area (Å²) >= 11 is 0. The van der Waals surface area contributed by atoms with Gasteiger partial charge in [-0.3, -0.25) is 11.1 Å². The fourth-order valence-electron chi connectivity index (χ4n) is 5.09. The van der Waals surface area contributed by atoms with Gasteiger partial charge in [-0.15, -0.1) is 48.0 Å². The average molecular weight is 1050 g/mol. The molecule has 0 atom stereocenters. The van der Waals surface area contributed by atoms with Gasteiger partial charge in [-0.25, -0.2) is 24.2 Å². The van der Waals surface area contributed by atoms with Crippen molar-refractivity contribution in [2.24, 2.45) is 0 Å². The van der Waals surface area contributed by atoms with Gasteiger partial charge in [0.25, 0.3) is 6.20 Å². The minimum atomic E-state index is 0. The molecule has 258 valence electrons. The van der Waals surface area contributed by atoms with E-state index < -0.39 is 0 Å². The summed E-state index contributed by atoms with van der Waals surface area (Å²) < 4.78 is 17.6. The molecule has 0 aliphatic carbocycles. The van der Waals surface area contributed by atoms with Crippen molar-refractivity contribution in [3.8, 4) is 51.4 Å². The van der Waals surface area contributed by atoms with Crippen molar-refractivity contribution < 1.29 is 60.8 Å². The summed E-state index contributed by atoms with van der Waals surface area (Å²) in [7, 11) is 0. The maximum absolute atomic E-state index is 6.57. The summed E-state index contributed by atoms with van der Waals surface area (Å²) in [6.07, 6.45) is 15.7. The molecule has 0 saturated carbocycles. The summed E-state index contributed by atoms with van der Waals surface area (Å²) in [5.74, 6) is 2.36. The Bertz CT molecular complexity index is 2400. The van der Waals surface area contributed by atoms with Crippen molar-refractivity contribution in [2.75, 3.05) is 0 Å². The van der Waals surface area contributed by atoms with Gasteiger partial charge in [-0.1, -0.05) is 69.6 Å². The van der Waals surface area contributed by atoms with Gasteiger partial charge in [-0.05, 0) is 12.1 Å². The number of aromatic nitrogens is 2. The van der Waals surface area contributed by atoms with Gasteiger partial charge in [0.15, 0.2) is 6.54 Å². The second-order valence-corrected chi connectivity index (χ2v) is 11.1. The van der Waals surface area contributed by atoms with E-state index in [4.69, 9.17) is 15.9 Å². The molecule has 0 saturated heterocycles. The van der Waals surface area contributed by atoms with Gasteiger partial charge in [0, 0.05) is 41.0 Å². The maximum atomic E-state index is 6.57. The van der Waals surface area contributed by atoms with E-state index in [2.05, 4.69) is 59.5 Å². The van der Waals surface area contributed by atoms with E-state index in [9.17, 15) is 0 Å². The topological polar surface area (TPSA) is 42.3 Å². The molecule has 8 rings (SSSR count). The maximum Gasteiger partial charge on any atom is 4.00 e. The molecule has 0 bridgehead atoms. The predicted molar refractivity (Wildman–Crippen MR) is 194 cm³/mol. The molecule has 0 N–H and O–H groups in total. The number of para-hydroxylation sites is 1. The zero-order chi connectivity index (χ0) is 34.7. The van der Waals surface area contributed by atoms with Crippen LogP contribution >= 0.6 is 0 Å². The smallest absolute Gasteiger partial charge is 0.669 e. The Kier molecular flexibility index (Phi) is 13.9. The first kappa shape index (κ1) is 38.4. The van der Waals surface area contributed by atoms with Crippen LogP contribution in [-0.2, 0) is 48.7 Å². The van der Waals surface area contributed by atoms with Crippen LogP contribution in [0.1, 0.15) is 5.56 Å². The normalized spacial score (nSPS) is 11.0. The Morgan fingerprint density at radius 1 is 0.679 bits per heavy atom. The van der Waals surface area contributed by atoms with Gasteiger partial charge in [-0.2, -0.15) is 36.4 Å². The molecule has 2 aromatic heterocycles. The average Bonchev–Trinajstić information content (AvgIpc) is 3.90. The van der Waals surface area contributed by atoms with E-state index in [-0.39, 0.29) is 42.1 Å². The molecule has 5 aromatic carbocycles. The summed E-state index contributed by atoms with van der Waals surface area (Å²) in [6.45, 7) is 0.739. The van der Waals surface area contributed by atoms with Crippen molar-refractivity contribution in [3.63, 3.8) is 0 Å². The van der Waals surface area contributed by atoms with E-state index in [1.807, 2.05) is 137 Å². The molecule has 1 aliphatic heterocycles. The van der Waals surface area contributed by atoms with Crippen LogP contribution in [0.2, 0.25) is 0 Å². The largest absolute Gasteiger partial charge is 4.00 e. The quantitative estimate of drug-likeness (QED) is 0.0823. The molecule has 1 aliphatic rings. The van der Waals surface area contributed by atoms with Crippen LogP contribution in [0.25, 0.3) is 22.4 Å². The van der Waals surface area contributed by atoms with Gasteiger partial charge >= 0.3 is 48.1 Å². The second kappa shape index (κ2) is 19.1. The number of hydrogen-bond acceptors (Lipinski definition) is 3. The molecule has 0 amide bonds. The molecule has 8 heteroatoms. The fraction of sp³-hybridized carbons (Fsp3) is 0.0222. The van der Waals surface area contributed by atoms with Gasteiger partial charge < -0.3 is 25.4 Å². The van der Waals surface area contributed by atoms with Crippen molar-refractivity contribution >= 4 is 11.7 Å². The van der Waals surface area contributed by atoms with E-state index in [0.717, 1.165) is 34.6 Å². The Morgan fingerprint density at radius 3 is 2.06 bits per heavy atom. The molecular formula is C45H28N4O2Pt2+2. The molecule has 53 heavy (non-hydrogen) atoms. The van der Waals surface area contributed by atoms with Crippen molar-refractivity contribution in [1.29, 1.82) is 0 Å². The van der Waals surface area contributed by atoms with Crippen molar-refractivity contribution in [2.45, 2.75) is 6.54 Å². The third-order valence-electron chi connectivity index (χ3n) is 7.50. The van der Waals surface area contributed by atoms with Gasteiger partial charge in [0.05, 0.1) is 0 Å². The van der Waals surface area contributed by atoms with Crippen LogP contribution in [0.4, 0.5) is 5.69 Å². The molecule has 0 unspecified atom stereocenters. The minimum absolute atomic E-state index is 0. The zero-order valence-corrected chi connectivity index (χ0v) is 32.5. The first-order valence-electron chi connectivity index (χ1n) is 16.1. The first-order chi connectivity index (χ1) is 25.2. The van der Waals surface area contributed by atoms with Gasteiger partial charge in [0.1, 0.15) is 5.69 Å². The van der Waals surface area contributed by atoms with Crippen LogP contribution in [0.5, 0.6) is 23.0 Å². The Morgan fingerprint density at radius 2 is 1.34 bits per heavy atom. The minimum Gasteiger partial charge on any atom is -0.669 e. The number of pyridine rings is 1. The summed E-state index contributed by atoms with van der Waals surface area (Å²) in [5.41, 5.74) is 5.24. The summed E-state index contributed by atoms with van der Waals surface area (Å²) in [5, 5.41) is 0. The monoisotopic (exact) mass is 1050 g/mol. The Labute approximate surface area is 338 Å². The zero-order valence-electron chi connectivity index (χ0n) is 28.0. The van der Waals surface area contributed by atoms with E-state index >= 15 is 0 Å². The molecular weight excluding hydrogens is 1020 g/mol. The molecule has 0 radical (unpaired) electrons. The number of nitrogens with zero attached hydrogens (tertiary/aromatic N) is 4. The van der Waals surface area contributed by atoms with Crippen LogP contribution in [0.15, 0.2) is 158 Å². The summed E-state index contributed by atoms with van der Waals surface area (Å²) in [4.78, 5) is 4.55.